The molecule has 112 valence electrons. The third-order valence-electron chi connectivity index (χ3n) is 6.90. The Morgan fingerprint density at radius 2 is 2.10 bits per heavy atom. The van der Waals surface area contributed by atoms with Gasteiger partial charge in [0.15, 0.2) is 0 Å². The average Bonchev–Trinajstić information content (AvgIpc) is 2.50. The van der Waals surface area contributed by atoms with Crippen LogP contribution in [0.5, 0.6) is 0 Å². The molecule has 2 heteroatoms. The van der Waals surface area contributed by atoms with E-state index < -0.39 is 0 Å². The Labute approximate surface area is 127 Å². The number of hydrogen-bond donors (Lipinski definition) is 0. The van der Waals surface area contributed by atoms with E-state index in [1.165, 1.54) is 19.3 Å². The number of benzene rings is 1. The topological polar surface area (TPSA) is 20.3 Å². The van der Waals surface area contributed by atoms with E-state index in [2.05, 4.69) is 43.1 Å². The van der Waals surface area contributed by atoms with Gasteiger partial charge in [0.25, 0.3) is 0 Å². The molecular weight excluding hydrogens is 258 g/mol. The van der Waals surface area contributed by atoms with Gasteiger partial charge in [-0.3, -0.25) is 9.69 Å². The maximum Gasteiger partial charge on any atom is 0.134 e. The van der Waals surface area contributed by atoms with Gasteiger partial charge in [-0.1, -0.05) is 31.2 Å². The lowest BCUT2D eigenvalue weighted by Crippen LogP contribution is -2.69. The van der Waals surface area contributed by atoms with Crippen LogP contribution in [0, 0.1) is 11.8 Å². The summed E-state index contributed by atoms with van der Waals surface area (Å²) in [6.07, 6.45) is 4.65. The lowest BCUT2D eigenvalue weighted by atomic mass is 9.48. The lowest BCUT2D eigenvalue weighted by molar-refractivity contribution is -0.139. The molecule has 4 bridgehead atoms. The molecule has 1 aromatic carbocycles. The zero-order valence-corrected chi connectivity index (χ0v) is 13.3. The number of hydrogen-bond acceptors (Lipinski definition) is 2. The van der Waals surface area contributed by atoms with Crippen LogP contribution < -0.4 is 0 Å². The average molecular weight is 283 g/mol. The third kappa shape index (κ3) is 1.60. The molecule has 3 fully saturated rings. The molecular formula is C19H25NO. The first-order chi connectivity index (χ1) is 10.1. The number of fused-ring (bicyclic) bond motifs is 2. The molecule has 4 aliphatic rings. The molecule has 0 spiro atoms. The largest absolute Gasteiger partial charge is 0.300 e. The van der Waals surface area contributed by atoms with Crippen molar-refractivity contribution in [3.8, 4) is 0 Å². The van der Waals surface area contributed by atoms with Crippen LogP contribution in [0.4, 0.5) is 0 Å². The van der Waals surface area contributed by atoms with Crippen molar-refractivity contribution in [2.75, 3.05) is 7.05 Å². The summed E-state index contributed by atoms with van der Waals surface area (Å²) < 4.78 is 0. The number of carbonyl (C=O) groups excluding carboxylic acids is 1. The molecule has 2 heterocycles. The number of likely N-dealkylation sites (N-methyl/N-ethyl adjacent to an activating group) is 1. The summed E-state index contributed by atoms with van der Waals surface area (Å²) in [6, 6.07) is 10.1. The van der Waals surface area contributed by atoms with Gasteiger partial charge < -0.3 is 0 Å². The standard InChI is InChI=1S/C19H25NO/c1-4-19-11-18-14(12(2)21)10-16(19)17(20(18)3)9-13-7-5-6-8-15(13)19/h5-8,14,16-18H,4,9-11H2,1-3H3/t14-,16?,17?,18?,19+/m1/s1. The lowest BCUT2D eigenvalue weighted by Gasteiger charge is -2.65. The molecule has 0 amide bonds. The van der Waals surface area contributed by atoms with Crippen molar-refractivity contribution >= 4 is 5.78 Å². The predicted molar refractivity (Wildman–Crippen MR) is 84.3 cm³/mol. The normalized spacial score (nSPS) is 40.9. The monoisotopic (exact) mass is 283 g/mol. The maximum absolute atomic E-state index is 12.1. The summed E-state index contributed by atoms with van der Waals surface area (Å²) in [5, 5.41) is 0. The Hall–Kier alpha value is -1.15. The van der Waals surface area contributed by atoms with Gasteiger partial charge in [0.2, 0.25) is 0 Å². The smallest absolute Gasteiger partial charge is 0.134 e. The van der Waals surface area contributed by atoms with E-state index in [0.29, 0.717) is 29.2 Å². The molecule has 3 unspecified atom stereocenters. The van der Waals surface area contributed by atoms with E-state index in [9.17, 15) is 4.79 Å². The summed E-state index contributed by atoms with van der Waals surface area (Å²) in [5.74, 6) is 1.32. The molecule has 0 aromatic heterocycles. The molecule has 5 rings (SSSR count). The quantitative estimate of drug-likeness (QED) is 0.831. The van der Waals surface area contributed by atoms with Gasteiger partial charge >= 0.3 is 0 Å². The fraction of sp³-hybridized carbons (Fsp3) is 0.632. The minimum absolute atomic E-state index is 0.265. The fourth-order valence-corrected chi connectivity index (χ4v) is 5.85. The van der Waals surface area contributed by atoms with Crippen LogP contribution in [-0.2, 0) is 16.6 Å². The van der Waals surface area contributed by atoms with E-state index in [4.69, 9.17) is 0 Å². The molecule has 1 saturated carbocycles. The molecule has 2 aliphatic carbocycles. The van der Waals surface area contributed by atoms with E-state index >= 15 is 0 Å². The van der Waals surface area contributed by atoms with E-state index in [1.807, 2.05) is 0 Å². The summed E-state index contributed by atoms with van der Waals surface area (Å²) in [6.45, 7) is 4.14. The summed E-state index contributed by atoms with van der Waals surface area (Å²) in [4.78, 5) is 14.6. The molecule has 0 N–H and O–H groups in total. The summed E-state index contributed by atoms with van der Waals surface area (Å²) >= 11 is 0. The van der Waals surface area contributed by atoms with Crippen LogP contribution in [0.1, 0.15) is 44.2 Å². The van der Waals surface area contributed by atoms with Crippen LogP contribution in [0.25, 0.3) is 0 Å². The molecule has 5 atom stereocenters. The highest BCUT2D eigenvalue weighted by Gasteiger charge is 2.60. The predicted octanol–water partition coefficient (Wildman–Crippen LogP) is 3.19. The number of nitrogens with zero attached hydrogens (tertiary/aromatic N) is 1. The molecule has 1 aromatic rings. The van der Waals surface area contributed by atoms with Gasteiger partial charge in [0.05, 0.1) is 0 Å². The van der Waals surface area contributed by atoms with Gasteiger partial charge in [0, 0.05) is 23.4 Å². The number of rotatable bonds is 2. The number of carbonyl (C=O) groups is 1. The van der Waals surface area contributed by atoms with Crippen molar-refractivity contribution in [2.24, 2.45) is 11.8 Å². The van der Waals surface area contributed by atoms with Crippen molar-refractivity contribution in [3.63, 3.8) is 0 Å². The van der Waals surface area contributed by atoms with Crippen molar-refractivity contribution in [2.45, 2.75) is 57.0 Å². The van der Waals surface area contributed by atoms with Gasteiger partial charge in [-0.15, -0.1) is 0 Å². The van der Waals surface area contributed by atoms with Crippen LogP contribution in [-0.4, -0.2) is 29.8 Å². The first-order valence-electron chi connectivity index (χ1n) is 8.39. The van der Waals surface area contributed by atoms with Gasteiger partial charge in [-0.05, 0) is 56.7 Å². The second-order valence-corrected chi connectivity index (χ2v) is 7.43. The first-order valence-corrected chi connectivity index (χ1v) is 8.39. The summed E-state index contributed by atoms with van der Waals surface area (Å²) in [7, 11) is 2.25. The van der Waals surface area contributed by atoms with Crippen molar-refractivity contribution in [3.05, 3.63) is 35.4 Å². The van der Waals surface area contributed by atoms with E-state index in [1.54, 1.807) is 18.1 Å². The molecule has 2 saturated heterocycles. The minimum atomic E-state index is 0.265. The number of Topliss-reactive ketones (excluding diaryl/α,β-unsaturated/α-hetero) is 1. The second kappa shape index (κ2) is 4.42. The number of ketones is 1. The molecule has 2 nitrogen and oxygen atoms in total. The van der Waals surface area contributed by atoms with Crippen molar-refractivity contribution in [1.82, 2.24) is 4.90 Å². The summed E-state index contributed by atoms with van der Waals surface area (Å²) in [5.41, 5.74) is 3.46. The SMILES string of the molecule is CC[C@@]12CC3[C@@H](C(C)=O)CC1C(Cc1ccccc12)N3C. The zero-order chi connectivity index (χ0) is 14.8. The highest BCUT2D eigenvalue weighted by Crippen LogP contribution is 2.59. The minimum Gasteiger partial charge on any atom is -0.300 e. The van der Waals surface area contributed by atoms with Gasteiger partial charge in [-0.25, -0.2) is 0 Å². The molecule has 21 heavy (non-hydrogen) atoms. The maximum atomic E-state index is 12.1. The second-order valence-electron chi connectivity index (χ2n) is 7.43. The van der Waals surface area contributed by atoms with E-state index in [-0.39, 0.29) is 5.92 Å². The highest BCUT2D eigenvalue weighted by molar-refractivity contribution is 5.79. The van der Waals surface area contributed by atoms with Gasteiger partial charge in [0.1, 0.15) is 5.78 Å². The third-order valence-corrected chi connectivity index (χ3v) is 6.90. The Morgan fingerprint density at radius 1 is 1.33 bits per heavy atom. The van der Waals surface area contributed by atoms with Crippen molar-refractivity contribution < 1.29 is 4.79 Å². The van der Waals surface area contributed by atoms with Crippen LogP contribution in [0.3, 0.4) is 0 Å². The van der Waals surface area contributed by atoms with Crippen molar-refractivity contribution in [1.29, 1.82) is 0 Å². The molecule has 0 radical (unpaired) electrons. The molecule has 2 aliphatic heterocycles. The Balaban J connectivity index is 1.86. The van der Waals surface area contributed by atoms with E-state index in [0.717, 1.165) is 6.42 Å². The van der Waals surface area contributed by atoms with Crippen LogP contribution >= 0.6 is 0 Å². The Kier molecular flexibility index (Phi) is 2.85. The van der Waals surface area contributed by atoms with Crippen LogP contribution in [0.2, 0.25) is 0 Å². The van der Waals surface area contributed by atoms with Gasteiger partial charge in [-0.2, -0.15) is 0 Å². The first kappa shape index (κ1) is 13.5. The number of piperidine rings is 2. The fourth-order valence-electron chi connectivity index (χ4n) is 5.85. The Morgan fingerprint density at radius 3 is 2.81 bits per heavy atom. The zero-order valence-electron chi connectivity index (χ0n) is 13.3. The van der Waals surface area contributed by atoms with Crippen LogP contribution in [0.15, 0.2) is 24.3 Å². The highest BCUT2D eigenvalue weighted by atomic mass is 16.1. The Bertz CT molecular complexity index is 595.